The van der Waals surface area contributed by atoms with Crippen molar-refractivity contribution in [3.05, 3.63) is 41.5 Å². The fourth-order valence-electron chi connectivity index (χ4n) is 2.10. The van der Waals surface area contributed by atoms with Crippen molar-refractivity contribution in [3.8, 4) is 0 Å². The average Bonchev–Trinajstić information content (AvgIpc) is 2.96. The smallest absolute Gasteiger partial charge is 0.354 e. The standard InChI is InChI=1S/C14H17N3O3/c1-3-6-17-7-4-5-11(17)13(18)16-10-8-9(2)15-12(10)14(19)20/h4-5,7-8,15H,3,6H2,1-2H3,(H,16,18)(H,19,20). The van der Waals surface area contributed by atoms with Crippen molar-refractivity contribution >= 4 is 17.6 Å². The van der Waals surface area contributed by atoms with Crippen molar-refractivity contribution in [2.24, 2.45) is 0 Å². The molecule has 106 valence electrons. The first-order valence-corrected chi connectivity index (χ1v) is 6.42. The third-order valence-electron chi connectivity index (χ3n) is 2.94. The molecule has 0 aliphatic rings. The topological polar surface area (TPSA) is 87.1 Å². The summed E-state index contributed by atoms with van der Waals surface area (Å²) in [6, 6.07) is 5.12. The molecular weight excluding hydrogens is 258 g/mol. The molecule has 20 heavy (non-hydrogen) atoms. The highest BCUT2D eigenvalue weighted by atomic mass is 16.4. The van der Waals surface area contributed by atoms with Crippen LogP contribution in [-0.2, 0) is 6.54 Å². The van der Waals surface area contributed by atoms with E-state index in [4.69, 9.17) is 5.11 Å². The van der Waals surface area contributed by atoms with Crippen LogP contribution in [0.4, 0.5) is 5.69 Å². The first-order valence-electron chi connectivity index (χ1n) is 6.42. The molecule has 0 atom stereocenters. The number of hydrogen-bond acceptors (Lipinski definition) is 2. The zero-order valence-electron chi connectivity index (χ0n) is 11.4. The van der Waals surface area contributed by atoms with E-state index in [1.807, 2.05) is 17.7 Å². The summed E-state index contributed by atoms with van der Waals surface area (Å²) in [4.78, 5) is 26.0. The maximum Gasteiger partial charge on any atom is 0.354 e. The molecule has 0 bridgehead atoms. The zero-order valence-corrected chi connectivity index (χ0v) is 11.4. The normalized spacial score (nSPS) is 10.5. The molecule has 2 heterocycles. The Hall–Kier alpha value is -2.50. The van der Waals surface area contributed by atoms with Gasteiger partial charge in [-0.15, -0.1) is 0 Å². The van der Waals surface area contributed by atoms with Crippen LogP contribution >= 0.6 is 0 Å². The predicted molar refractivity (Wildman–Crippen MR) is 75.2 cm³/mol. The van der Waals surface area contributed by atoms with Gasteiger partial charge in [0, 0.05) is 18.4 Å². The number of carboxylic acids is 1. The maximum absolute atomic E-state index is 12.2. The third kappa shape index (κ3) is 2.74. The minimum Gasteiger partial charge on any atom is -0.477 e. The number of H-pyrrole nitrogens is 1. The van der Waals surface area contributed by atoms with Crippen molar-refractivity contribution < 1.29 is 14.7 Å². The number of nitrogens with one attached hydrogen (secondary N) is 2. The van der Waals surface area contributed by atoms with Gasteiger partial charge in [0.15, 0.2) is 0 Å². The Morgan fingerprint density at radius 1 is 1.45 bits per heavy atom. The number of carboxylic acid groups (broad SMARTS) is 1. The van der Waals surface area contributed by atoms with Crippen molar-refractivity contribution in [2.45, 2.75) is 26.8 Å². The molecule has 0 saturated heterocycles. The van der Waals surface area contributed by atoms with E-state index in [1.165, 1.54) is 0 Å². The number of nitrogens with zero attached hydrogens (tertiary/aromatic N) is 1. The van der Waals surface area contributed by atoms with Crippen molar-refractivity contribution in [1.82, 2.24) is 9.55 Å². The molecule has 0 radical (unpaired) electrons. The van der Waals surface area contributed by atoms with Crippen LogP contribution in [0.15, 0.2) is 24.4 Å². The summed E-state index contributed by atoms with van der Waals surface area (Å²) in [7, 11) is 0. The number of carbonyl (C=O) groups is 2. The van der Waals surface area contributed by atoms with Crippen molar-refractivity contribution in [3.63, 3.8) is 0 Å². The number of hydrogen-bond donors (Lipinski definition) is 3. The van der Waals surface area contributed by atoms with Crippen molar-refractivity contribution in [1.29, 1.82) is 0 Å². The molecule has 0 fully saturated rings. The van der Waals surface area contributed by atoms with Crippen LogP contribution in [-0.4, -0.2) is 26.5 Å². The summed E-state index contributed by atoms with van der Waals surface area (Å²) < 4.78 is 1.84. The van der Waals surface area contributed by atoms with Crippen molar-refractivity contribution in [2.75, 3.05) is 5.32 Å². The lowest BCUT2D eigenvalue weighted by Gasteiger charge is -2.08. The second-order valence-electron chi connectivity index (χ2n) is 4.59. The molecule has 0 unspecified atom stereocenters. The molecule has 6 heteroatoms. The van der Waals surface area contributed by atoms with Crippen LogP contribution in [0.1, 0.15) is 40.0 Å². The lowest BCUT2D eigenvalue weighted by atomic mass is 10.3. The van der Waals surface area contributed by atoms with Gasteiger partial charge in [0.25, 0.3) is 5.91 Å². The Kier molecular flexibility index (Phi) is 3.93. The average molecular weight is 275 g/mol. The molecular formula is C14H17N3O3. The first-order chi connectivity index (χ1) is 9.52. The minimum atomic E-state index is -1.10. The van der Waals surface area contributed by atoms with Gasteiger partial charge in [-0.1, -0.05) is 6.92 Å². The molecule has 0 aromatic carbocycles. The number of aromatic carboxylic acids is 1. The van der Waals surface area contributed by atoms with Crippen LogP contribution in [0.3, 0.4) is 0 Å². The van der Waals surface area contributed by atoms with Gasteiger partial charge < -0.3 is 20.0 Å². The highest BCUT2D eigenvalue weighted by Gasteiger charge is 2.17. The number of carbonyl (C=O) groups excluding carboxylic acids is 1. The summed E-state index contributed by atoms with van der Waals surface area (Å²) >= 11 is 0. The molecule has 2 aromatic rings. The van der Waals surface area contributed by atoms with Crippen LogP contribution in [0.2, 0.25) is 0 Å². The van der Waals surface area contributed by atoms with E-state index < -0.39 is 5.97 Å². The molecule has 0 aliphatic carbocycles. The predicted octanol–water partition coefficient (Wildman–Crippen LogP) is 2.49. The van der Waals surface area contributed by atoms with Gasteiger partial charge in [0.1, 0.15) is 11.4 Å². The highest BCUT2D eigenvalue weighted by Crippen LogP contribution is 2.18. The lowest BCUT2D eigenvalue weighted by molar-refractivity contribution is 0.0692. The summed E-state index contributed by atoms with van der Waals surface area (Å²) in [6.07, 6.45) is 2.75. The summed E-state index contributed by atoms with van der Waals surface area (Å²) in [5.74, 6) is -1.41. The van der Waals surface area contributed by atoms with Gasteiger partial charge in [-0.3, -0.25) is 4.79 Å². The van der Waals surface area contributed by atoms with Gasteiger partial charge in [-0.05, 0) is 31.5 Å². The van der Waals surface area contributed by atoms with Gasteiger partial charge in [-0.2, -0.15) is 0 Å². The number of aromatic amines is 1. The SMILES string of the molecule is CCCn1cccc1C(=O)Nc1cc(C)[nH]c1C(=O)O. The molecule has 6 nitrogen and oxygen atoms in total. The van der Waals surface area contributed by atoms with Crippen LogP contribution < -0.4 is 5.32 Å². The highest BCUT2D eigenvalue weighted by molar-refractivity contribution is 6.06. The molecule has 2 aromatic heterocycles. The first kappa shape index (κ1) is 13.9. The van der Waals surface area contributed by atoms with Crippen LogP contribution in [0, 0.1) is 6.92 Å². The number of aromatic nitrogens is 2. The maximum atomic E-state index is 12.2. The summed E-state index contributed by atoms with van der Waals surface area (Å²) in [5, 5.41) is 11.7. The van der Waals surface area contributed by atoms with E-state index in [2.05, 4.69) is 10.3 Å². The second kappa shape index (κ2) is 5.64. The third-order valence-corrected chi connectivity index (χ3v) is 2.94. The molecule has 2 rings (SSSR count). The minimum absolute atomic E-state index is 0.00977. The largest absolute Gasteiger partial charge is 0.477 e. The fraction of sp³-hybridized carbons (Fsp3) is 0.286. The second-order valence-corrected chi connectivity index (χ2v) is 4.59. The molecule has 1 amide bonds. The quantitative estimate of drug-likeness (QED) is 0.783. The number of amides is 1. The van der Waals surface area contributed by atoms with Gasteiger partial charge in [0.2, 0.25) is 0 Å². The molecule has 0 aliphatic heterocycles. The summed E-state index contributed by atoms with van der Waals surface area (Å²) in [5.41, 5.74) is 1.47. The van der Waals surface area contributed by atoms with Crippen LogP contribution in [0.25, 0.3) is 0 Å². The van der Waals surface area contributed by atoms with Gasteiger partial charge in [-0.25, -0.2) is 4.79 Å². The Labute approximate surface area is 116 Å². The molecule has 3 N–H and O–H groups in total. The van der Waals surface area contributed by atoms with Gasteiger partial charge >= 0.3 is 5.97 Å². The van der Waals surface area contributed by atoms with Gasteiger partial charge in [0.05, 0.1) is 5.69 Å². The van der Waals surface area contributed by atoms with Crippen LogP contribution in [0.5, 0.6) is 0 Å². The van der Waals surface area contributed by atoms with E-state index in [9.17, 15) is 9.59 Å². The lowest BCUT2D eigenvalue weighted by Crippen LogP contribution is -2.18. The Morgan fingerprint density at radius 2 is 2.20 bits per heavy atom. The van der Waals surface area contributed by atoms with E-state index in [1.54, 1.807) is 25.1 Å². The number of aryl methyl sites for hydroxylation is 2. The monoisotopic (exact) mass is 275 g/mol. The Balaban J connectivity index is 2.23. The zero-order chi connectivity index (χ0) is 14.7. The van der Waals surface area contributed by atoms with E-state index in [0.717, 1.165) is 13.0 Å². The van der Waals surface area contributed by atoms with E-state index in [0.29, 0.717) is 11.4 Å². The van der Waals surface area contributed by atoms with E-state index >= 15 is 0 Å². The summed E-state index contributed by atoms with van der Waals surface area (Å²) in [6.45, 7) is 4.51. The molecule has 0 spiro atoms. The number of anilines is 1. The van der Waals surface area contributed by atoms with E-state index in [-0.39, 0.29) is 17.3 Å². The fourth-order valence-corrected chi connectivity index (χ4v) is 2.10. The number of rotatable bonds is 5. The Morgan fingerprint density at radius 3 is 2.85 bits per heavy atom. The molecule has 0 saturated carbocycles. The Bertz CT molecular complexity index is 640.